The molecule has 1 aromatic carbocycles. The van der Waals surface area contributed by atoms with Crippen molar-refractivity contribution in [3.63, 3.8) is 0 Å². The maximum Gasteiger partial charge on any atom is 0.328 e. The van der Waals surface area contributed by atoms with Gasteiger partial charge in [-0.15, -0.1) is 0 Å². The van der Waals surface area contributed by atoms with E-state index in [1.54, 1.807) is 57.5 Å². The fourth-order valence-corrected chi connectivity index (χ4v) is 11.4. The van der Waals surface area contributed by atoms with E-state index < -0.39 is 230 Å². The standard InChI is InChI=1S/C65H99N15O20S2/c1-8-35(5)55-64(97)78-46(31-48(68)82)62(95)75-43(24-28-101-7)59(92)77-45(30-37-32-69-39-15-11-10-14-38(37)39)61(94)74-41(17-20-47(67)81)58(91)73-42(19-22-51(85)86)60(93)80-54(34(3)4)63(96)70-33-50(84)72-40(16-12-13-26-66)57(90)71-36(6)56(89)76-44(18-21-49(83)79-55)65(98)100-27-23-53(88)102-29-25-52(87)99-9-2/h10-11,14-15,32,34-36,40-46,54-55,69H,8-9,12-13,16-31,33,66H2,1-7H3,(H2,67,81)(H2,68,82)(H,70,96)(H,71,90)(H,72,84)(H,73,91)(H,74,94)(H,75,95)(H,76,89)(H,77,92)(H,78,97)(H,79,83)(H,80,93)(H,85,86)/t35-,36-,40-,41-,42-,43?,44?,45-,46-,54-,55?/m0/s1. The van der Waals surface area contributed by atoms with Crippen LogP contribution in [0.15, 0.2) is 30.5 Å². The summed E-state index contributed by atoms with van der Waals surface area (Å²) >= 11 is 2.03. The first-order valence-electron chi connectivity index (χ1n) is 33.6. The van der Waals surface area contributed by atoms with Crippen LogP contribution < -0.4 is 75.7 Å². The number of primary amides is 2. The highest BCUT2D eigenvalue weighted by atomic mass is 32.2. The average Bonchev–Trinajstić information content (AvgIpc) is 1.63. The third kappa shape index (κ3) is 31.2. The molecule has 2 aromatic rings. The molecule has 37 heteroatoms. The fourth-order valence-electron chi connectivity index (χ4n) is 10.2. The van der Waals surface area contributed by atoms with Crippen molar-refractivity contribution < 1.29 is 96.1 Å². The molecule has 13 amide bonds. The summed E-state index contributed by atoms with van der Waals surface area (Å²) in [5.74, 6) is -17.6. The van der Waals surface area contributed by atoms with Crippen LogP contribution in [-0.2, 0) is 97.4 Å². The SMILES string of the molecule is CCOC(=O)CCSC(=O)CCOC(=O)C1CCC(=O)NC([C@@H](C)CC)C(=O)N[C@@H](CC(N)=O)C(=O)NC(CCSC)C(=O)N[C@@H](Cc2c[nH]c3ccccc23)C(=O)N[C@@H](CCC(N)=O)C(=O)N[C@@H](CCC(=O)O)C(=O)N[C@@H](C(C)C)C(=O)NCC(=O)N[C@@H](CCCCN)C(=O)N[C@@H](C)C(=O)N1. The second-order valence-electron chi connectivity index (χ2n) is 24.6. The Labute approximate surface area is 598 Å². The number of carboxylic acids is 1. The van der Waals surface area contributed by atoms with Gasteiger partial charge in [-0.25, -0.2) is 4.79 Å². The van der Waals surface area contributed by atoms with Crippen molar-refractivity contribution in [1.82, 2.24) is 63.5 Å². The minimum atomic E-state index is -1.82. The lowest BCUT2D eigenvalue weighted by molar-refractivity contribution is -0.149. The Hall–Kier alpha value is -9.39. The molecule has 0 saturated carbocycles. The van der Waals surface area contributed by atoms with Gasteiger partial charge in [0.15, 0.2) is 5.12 Å². The number of aromatic amines is 1. The van der Waals surface area contributed by atoms with Crippen molar-refractivity contribution in [3.8, 4) is 0 Å². The number of nitrogens with one attached hydrogen (secondary N) is 12. The highest BCUT2D eigenvalue weighted by molar-refractivity contribution is 8.13. The van der Waals surface area contributed by atoms with E-state index >= 15 is 0 Å². The van der Waals surface area contributed by atoms with E-state index in [9.17, 15) is 86.6 Å². The minimum absolute atomic E-state index is 0.0578. The van der Waals surface area contributed by atoms with Gasteiger partial charge < -0.3 is 95.2 Å². The summed E-state index contributed by atoms with van der Waals surface area (Å²) in [6.45, 7) is 8.10. The van der Waals surface area contributed by atoms with Crippen LogP contribution in [0.1, 0.15) is 137 Å². The van der Waals surface area contributed by atoms with E-state index in [4.69, 9.17) is 26.7 Å². The molecule has 1 aliphatic heterocycles. The number of thioether (sulfide) groups is 2. The van der Waals surface area contributed by atoms with Crippen molar-refractivity contribution in [2.45, 2.75) is 198 Å². The van der Waals surface area contributed by atoms with Crippen molar-refractivity contribution >= 4 is 134 Å². The van der Waals surface area contributed by atoms with Gasteiger partial charge in [0, 0.05) is 48.5 Å². The highest BCUT2D eigenvalue weighted by Crippen LogP contribution is 2.21. The molecule has 19 N–H and O–H groups in total. The molecule has 35 nitrogen and oxygen atoms in total. The number of aliphatic carboxylic acids is 1. The number of rotatable bonds is 28. The summed E-state index contributed by atoms with van der Waals surface area (Å²) in [6, 6.07) is -9.17. The average molecular weight is 1470 g/mol. The number of ether oxygens (including phenoxy) is 2. The molecule has 566 valence electrons. The normalized spacial score (nSPS) is 22.9. The van der Waals surface area contributed by atoms with Crippen LogP contribution in [0.4, 0.5) is 0 Å². The third-order valence-electron chi connectivity index (χ3n) is 16.1. The van der Waals surface area contributed by atoms with Gasteiger partial charge in [-0.2, -0.15) is 11.8 Å². The summed E-state index contributed by atoms with van der Waals surface area (Å²) in [5, 5.41) is 37.3. The first-order chi connectivity index (χ1) is 48.3. The highest BCUT2D eigenvalue weighted by Gasteiger charge is 2.38. The molecule has 1 aliphatic rings. The number of fused-ring (bicyclic) bond motifs is 1. The fraction of sp³-hybridized carbons (Fsp3) is 0.615. The zero-order valence-corrected chi connectivity index (χ0v) is 60.0. The number of hydrogen-bond acceptors (Lipinski definition) is 22. The van der Waals surface area contributed by atoms with Crippen LogP contribution in [0.3, 0.4) is 0 Å². The Balaban J connectivity index is 2.22. The van der Waals surface area contributed by atoms with Crippen LogP contribution >= 0.6 is 23.5 Å². The van der Waals surface area contributed by atoms with Crippen LogP contribution in [-0.4, -0.2) is 214 Å². The predicted molar refractivity (Wildman–Crippen MR) is 373 cm³/mol. The summed E-state index contributed by atoms with van der Waals surface area (Å²) < 4.78 is 10.3. The van der Waals surface area contributed by atoms with Gasteiger partial charge in [-0.05, 0) is 101 Å². The lowest BCUT2D eigenvalue weighted by Crippen LogP contribution is -2.61. The van der Waals surface area contributed by atoms with E-state index in [0.717, 1.165) is 11.8 Å². The lowest BCUT2D eigenvalue weighted by Gasteiger charge is -2.28. The number of aromatic nitrogens is 1. The van der Waals surface area contributed by atoms with Crippen LogP contribution in [0.5, 0.6) is 0 Å². The Morgan fingerprint density at radius 2 is 1.19 bits per heavy atom. The summed E-state index contributed by atoms with van der Waals surface area (Å²) in [4.78, 5) is 235. The molecular formula is C65H99N15O20S2. The van der Waals surface area contributed by atoms with Crippen LogP contribution in [0.2, 0.25) is 0 Å². The van der Waals surface area contributed by atoms with E-state index in [-0.39, 0.29) is 69.6 Å². The van der Waals surface area contributed by atoms with Gasteiger partial charge in [-0.3, -0.25) is 76.7 Å². The zero-order valence-electron chi connectivity index (χ0n) is 58.4. The first-order valence-corrected chi connectivity index (χ1v) is 36.0. The summed E-state index contributed by atoms with van der Waals surface area (Å²) in [7, 11) is 0. The van der Waals surface area contributed by atoms with Crippen molar-refractivity contribution in [2.75, 3.05) is 44.1 Å². The maximum absolute atomic E-state index is 14.8. The molecule has 2 heterocycles. The second-order valence-corrected chi connectivity index (χ2v) is 26.7. The number of hydrogen-bond donors (Lipinski definition) is 16. The zero-order chi connectivity index (χ0) is 76.2. The molecule has 102 heavy (non-hydrogen) atoms. The number of carboxylic acid groups (broad SMARTS) is 1. The summed E-state index contributed by atoms with van der Waals surface area (Å²) in [6.07, 6.45) is -1.26. The minimum Gasteiger partial charge on any atom is -0.481 e. The lowest BCUT2D eigenvalue weighted by atomic mass is 9.97. The van der Waals surface area contributed by atoms with Crippen LogP contribution in [0, 0.1) is 11.8 Å². The number of carbonyl (C=O) groups is 17. The number of para-hydroxylation sites is 1. The largest absolute Gasteiger partial charge is 0.481 e. The molecule has 1 aromatic heterocycles. The molecule has 0 radical (unpaired) electrons. The molecule has 0 spiro atoms. The van der Waals surface area contributed by atoms with Gasteiger partial charge in [0.05, 0.1) is 39.0 Å². The van der Waals surface area contributed by atoms with E-state index in [0.29, 0.717) is 22.9 Å². The topological polar surface area (TPSA) is 555 Å². The Morgan fingerprint density at radius 1 is 0.598 bits per heavy atom. The van der Waals surface area contributed by atoms with Crippen molar-refractivity contribution in [1.29, 1.82) is 0 Å². The van der Waals surface area contributed by atoms with Gasteiger partial charge in [0.25, 0.3) is 0 Å². The predicted octanol–water partition coefficient (Wildman–Crippen LogP) is -2.78. The number of nitrogens with two attached hydrogens (primary N) is 3. The third-order valence-corrected chi connectivity index (χ3v) is 17.7. The molecule has 3 unspecified atom stereocenters. The quantitative estimate of drug-likeness (QED) is 0.0303. The smallest absolute Gasteiger partial charge is 0.328 e. The van der Waals surface area contributed by atoms with Crippen molar-refractivity contribution in [3.05, 3.63) is 36.0 Å². The van der Waals surface area contributed by atoms with Gasteiger partial charge in [0.1, 0.15) is 60.4 Å². The number of amides is 13. The molecule has 3 rings (SSSR count). The number of unbranched alkanes of at least 4 members (excludes halogenated alkanes) is 1. The second kappa shape index (κ2) is 45.5. The molecule has 11 atom stereocenters. The maximum atomic E-state index is 14.8. The molecule has 0 aliphatic carbocycles. The first kappa shape index (κ1) is 86.8. The van der Waals surface area contributed by atoms with Gasteiger partial charge >= 0.3 is 17.9 Å². The molecular weight excluding hydrogens is 1370 g/mol. The van der Waals surface area contributed by atoms with Gasteiger partial charge in [-0.1, -0.05) is 64.1 Å². The Kier molecular flexibility index (Phi) is 38.7. The van der Waals surface area contributed by atoms with E-state index in [1.807, 2.05) is 0 Å². The summed E-state index contributed by atoms with van der Waals surface area (Å²) in [5.41, 5.74) is 17.9. The number of carbonyl (C=O) groups excluding carboxylic acids is 16. The van der Waals surface area contributed by atoms with E-state index in [2.05, 4.69) is 63.5 Å². The monoisotopic (exact) mass is 1470 g/mol. The van der Waals surface area contributed by atoms with Crippen LogP contribution in [0.25, 0.3) is 10.9 Å². The van der Waals surface area contributed by atoms with Gasteiger partial charge in [0.2, 0.25) is 76.8 Å². The number of esters is 2. The molecule has 0 bridgehead atoms. The Morgan fingerprint density at radius 3 is 1.79 bits per heavy atom. The number of H-pyrrole nitrogens is 1. The van der Waals surface area contributed by atoms with E-state index in [1.165, 1.54) is 32.5 Å². The molecule has 1 saturated heterocycles. The van der Waals surface area contributed by atoms with Crippen molar-refractivity contribution in [2.24, 2.45) is 29.0 Å². The molecule has 1 fully saturated rings. The number of benzene rings is 1. The Bertz CT molecular complexity index is 3280.